The highest BCUT2D eigenvalue weighted by atomic mass is 15.1. The van der Waals surface area contributed by atoms with E-state index in [1.807, 2.05) is 0 Å². The summed E-state index contributed by atoms with van der Waals surface area (Å²) in [6, 6.07) is 17.3. The number of unbranched alkanes of at least 4 members (excludes halogenated alkanes) is 3. The van der Waals surface area contributed by atoms with Crippen molar-refractivity contribution in [3.05, 3.63) is 54.1 Å². The fourth-order valence-corrected chi connectivity index (χ4v) is 3.25. The monoisotopic (exact) mass is 338 g/mol. The van der Waals surface area contributed by atoms with Crippen LogP contribution in [-0.2, 0) is 0 Å². The summed E-state index contributed by atoms with van der Waals surface area (Å²) in [7, 11) is 0. The third kappa shape index (κ3) is 6.55. The molecule has 0 aliphatic carbocycles. The molecule has 0 spiro atoms. The lowest BCUT2D eigenvalue weighted by atomic mass is 10.00. The molecule has 0 atom stereocenters. The maximum Gasteiger partial charge on any atom is 0.0346 e. The summed E-state index contributed by atoms with van der Waals surface area (Å²) in [5.41, 5.74) is 5.17. The first-order valence-corrected chi connectivity index (χ1v) is 9.87. The fraction of sp³-hybridized carbons (Fsp3) is 0.478. The minimum Gasteiger partial charge on any atom is -0.385 e. The van der Waals surface area contributed by atoms with Crippen molar-refractivity contribution >= 4 is 5.69 Å². The molecule has 0 saturated carbocycles. The van der Waals surface area contributed by atoms with E-state index in [-0.39, 0.29) is 0 Å². The van der Waals surface area contributed by atoms with Gasteiger partial charge in [-0.2, -0.15) is 0 Å². The van der Waals surface area contributed by atoms with E-state index in [1.54, 1.807) is 0 Å². The second-order valence-electron chi connectivity index (χ2n) is 6.76. The van der Waals surface area contributed by atoms with Gasteiger partial charge in [0.05, 0.1) is 0 Å². The zero-order valence-electron chi connectivity index (χ0n) is 16.2. The van der Waals surface area contributed by atoms with Crippen molar-refractivity contribution in [3.8, 4) is 11.1 Å². The van der Waals surface area contributed by atoms with Gasteiger partial charge in [-0.25, -0.2) is 0 Å². The molecule has 0 heterocycles. The highest BCUT2D eigenvalue weighted by molar-refractivity contribution is 5.71. The molecule has 1 N–H and O–H groups in total. The zero-order valence-corrected chi connectivity index (χ0v) is 16.2. The summed E-state index contributed by atoms with van der Waals surface area (Å²) in [5.74, 6) is 0. The smallest absolute Gasteiger partial charge is 0.0346 e. The highest BCUT2D eigenvalue weighted by Gasteiger charge is 2.03. The molecule has 0 aromatic heterocycles. The van der Waals surface area contributed by atoms with Crippen LogP contribution in [-0.4, -0.2) is 31.1 Å². The van der Waals surface area contributed by atoms with Crippen molar-refractivity contribution in [2.24, 2.45) is 0 Å². The van der Waals surface area contributed by atoms with Gasteiger partial charge in [-0.3, -0.25) is 0 Å². The number of benzene rings is 2. The maximum atomic E-state index is 3.59. The third-order valence-corrected chi connectivity index (χ3v) is 4.95. The highest BCUT2D eigenvalue weighted by Crippen LogP contribution is 2.26. The SMILES string of the molecule is CCN(CC)CCCCCCNc1ccc(C)c(-c2ccccc2)c1. The van der Waals surface area contributed by atoms with E-state index in [0.29, 0.717) is 0 Å². The molecule has 0 unspecified atom stereocenters. The van der Waals surface area contributed by atoms with Gasteiger partial charge in [-0.15, -0.1) is 0 Å². The minimum atomic E-state index is 1.06. The van der Waals surface area contributed by atoms with Gasteiger partial charge in [0.15, 0.2) is 0 Å². The number of rotatable bonds is 11. The fourth-order valence-electron chi connectivity index (χ4n) is 3.25. The van der Waals surface area contributed by atoms with Gasteiger partial charge in [0.1, 0.15) is 0 Å². The van der Waals surface area contributed by atoms with Gasteiger partial charge < -0.3 is 10.2 Å². The molecule has 0 saturated heterocycles. The van der Waals surface area contributed by atoms with Crippen molar-refractivity contribution in [1.29, 1.82) is 0 Å². The minimum absolute atomic E-state index is 1.06. The first-order chi connectivity index (χ1) is 12.2. The normalized spacial score (nSPS) is 11.0. The average molecular weight is 339 g/mol. The quantitative estimate of drug-likeness (QED) is 0.507. The Morgan fingerprint density at radius 3 is 2.28 bits per heavy atom. The van der Waals surface area contributed by atoms with Gasteiger partial charge in [-0.1, -0.05) is 63.1 Å². The zero-order chi connectivity index (χ0) is 17.9. The van der Waals surface area contributed by atoms with Crippen molar-refractivity contribution in [2.45, 2.75) is 46.5 Å². The van der Waals surface area contributed by atoms with Crippen molar-refractivity contribution < 1.29 is 0 Å². The van der Waals surface area contributed by atoms with Crippen LogP contribution in [0.25, 0.3) is 11.1 Å². The van der Waals surface area contributed by atoms with Crippen molar-refractivity contribution in [3.63, 3.8) is 0 Å². The Morgan fingerprint density at radius 1 is 0.840 bits per heavy atom. The van der Waals surface area contributed by atoms with Crippen LogP contribution in [0.1, 0.15) is 45.1 Å². The lowest BCUT2D eigenvalue weighted by Crippen LogP contribution is -2.23. The first-order valence-electron chi connectivity index (χ1n) is 9.87. The largest absolute Gasteiger partial charge is 0.385 e. The summed E-state index contributed by atoms with van der Waals surface area (Å²) in [6.07, 6.45) is 5.21. The Labute approximate surface area is 154 Å². The second-order valence-corrected chi connectivity index (χ2v) is 6.76. The molecule has 25 heavy (non-hydrogen) atoms. The first kappa shape index (κ1) is 19.5. The predicted molar refractivity (Wildman–Crippen MR) is 111 cm³/mol. The van der Waals surface area contributed by atoms with Gasteiger partial charge in [-0.05, 0) is 68.2 Å². The molecule has 0 aliphatic heterocycles. The predicted octanol–water partition coefficient (Wildman–Crippen LogP) is 5.98. The Morgan fingerprint density at radius 2 is 1.56 bits per heavy atom. The summed E-state index contributed by atoms with van der Waals surface area (Å²) in [5, 5.41) is 3.59. The summed E-state index contributed by atoms with van der Waals surface area (Å²) in [4.78, 5) is 2.51. The molecule has 136 valence electrons. The summed E-state index contributed by atoms with van der Waals surface area (Å²) in [6.45, 7) is 11.3. The van der Waals surface area contributed by atoms with E-state index in [4.69, 9.17) is 0 Å². The molecule has 2 aromatic carbocycles. The molecule has 2 aromatic rings. The van der Waals surface area contributed by atoms with Crippen LogP contribution in [0.2, 0.25) is 0 Å². The number of anilines is 1. The number of nitrogens with one attached hydrogen (secondary N) is 1. The maximum absolute atomic E-state index is 3.59. The molecular weight excluding hydrogens is 304 g/mol. The molecule has 2 rings (SSSR count). The van der Waals surface area contributed by atoms with Crippen LogP contribution in [0, 0.1) is 6.92 Å². The third-order valence-electron chi connectivity index (χ3n) is 4.95. The standard InChI is InChI=1S/C23H34N2/c1-4-25(5-2)18-12-7-6-11-17-24-22-16-15-20(3)23(19-22)21-13-9-8-10-14-21/h8-10,13-16,19,24H,4-7,11-12,17-18H2,1-3H3. The summed E-state index contributed by atoms with van der Waals surface area (Å²) < 4.78 is 0. The van der Waals surface area contributed by atoms with E-state index in [0.717, 1.165) is 6.54 Å². The Hall–Kier alpha value is -1.80. The van der Waals surface area contributed by atoms with E-state index in [1.165, 1.54) is 67.7 Å². The van der Waals surface area contributed by atoms with Gasteiger partial charge >= 0.3 is 0 Å². The van der Waals surface area contributed by atoms with E-state index in [2.05, 4.69) is 79.5 Å². The Balaban J connectivity index is 1.73. The molecule has 2 nitrogen and oxygen atoms in total. The van der Waals surface area contributed by atoms with Crippen molar-refractivity contribution in [2.75, 3.05) is 31.5 Å². The van der Waals surface area contributed by atoms with Crippen molar-refractivity contribution in [1.82, 2.24) is 4.90 Å². The van der Waals surface area contributed by atoms with Crippen LogP contribution >= 0.6 is 0 Å². The number of hydrogen-bond donors (Lipinski definition) is 1. The molecule has 0 fully saturated rings. The van der Waals surface area contributed by atoms with Gasteiger partial charge in [0.2, 0.25) is 0 Å². The van der Waals surface area contributed by atoms with E-state index < -0.39 is 0 Å². The van der Waals surface area contributed by atoms with E-state index >= 15 is 0 Å². The van der Waals surface area contributed by atoms with Gasteiger partial charge in [0, 0.05) is 12.2 Å². The van der Waals surface area contributed by atoms with Crippen LogP contribution in [0.4, 0.5) is 5.69 Å². The number of nitrogens with zero attached hydrogens (tertiary/aromatic N) is 1. The number of hydrogen-bond acceptors (Lipinski definition) is 2. The molecule has 0 radical (unpaired) electrons. The molecule has 0 amide bonds. The van der Waals surface area contributed by atoms with E-state index in [9.17, 15) is 0 Å². The van der Waals surface area contributed by atoms with Crippen LogP contribution in [0.3, 0.4) is 0 Å². The molecule has 0 aliphatic rings. The molecular formula is C23H34N2. The second kappa shape index (κ2) is 10.9. The summed E-state index contributed by atoms with van der Waals surface area (Å²) >= 11 is 0. The number of aryl methyl sites for hydroxylation is 1. The Kier molecular flexibility index (Phi) is 8.54. The molecule has 0 bridgehead atoms. The molecule has 2 heteroatoms. The lowest BCUT2D eigenvalue weighted by molar-refractivity contribution is 0.295. The van der Waals surface area contributed by atoms with Crippen LogP contribution in [0.15, 0.2) is 48.5 Å². The Bertz CT molecular complexity index is 603. The average Bonchev–Trinajstić information content (AvgIpc) is 2.66. The van der Waals surface area contributed by atoms with Gasteiger partial charge in [0.25, 0.3) is 0 Å². The van der Waals surface area contributed by atoms with Crippen LogP contribution in [0.5, 0.6) is 0 Å². The topological polar surface area (TPSA) is 15.3 Å². The lowest BCUT2D eigenvalue weighted by Gasteiger charge is -2.17. The van der Waals surface area contributed by atoms with Crippen LogP contribution < -0.4 is 5.32 Å².